The molecule has 0 aliphatic heterocycles. The van der Waals surface area contributed by atoms with E-state index in [1.165, 1.54) is 11.9 Å². The van der Waals surface area contributed by atoms with E-state index in [1.807, 2.05) is 6.07 Å². The molecule has 0 unspecified atom stereocenters. The Kier molecular flexibility index (Phi) is 4.32. The zero-order valence-electron chi connectivity index (χ0n) is 9.04. The molecule has 0 aromatic heterocycles. The summed E-state index contributed by atoms with van der Waals surface area (Å²) in [6.45, 7) is -0.185. The summed E-state index contributed by atoms with van der Waals surface area (Å²) in [7, 11) is 1.43. The summed E-state index contributed by atoms with van der Waals surface area (Å²) < 4.78 is 37.7. The smallest absolute Gasteiger partial charge is 0.329 e. The predicted octanol–water partition coefficient (Wildman–Crippen LogP) is 2.01. The third kappa shape index (κ3) is 3.50. The molecular weight excluding hydrogens is 217 g/mol. The molecule has 1 aromatic rings. The first-order valence-electron chi connectivity index (χ1n) is 4.96. The van der Waals surface area contributed by atoms with E-state index in [4.69, 9.17) is 5.73 Å². The minimum Gasteiger partial charge on any atom is -0.329 e. The number of nitrogens with zero attached hydrogens (tertiary/aromatic N) is 1. The number of alkyl halides is 3. The summed E-state index contributed by atoms with van der Waals surface area (Å²) >= 11 is 0. The topological polar surface area (TPSA) is 29.3 Å². The number of benzene rings is 1. The van der Waals surface area contributed by atoms with E-state index in [0.717, 1.165) is 5.56 Å². The fourth-order valence-corrected chi connectivity index (χ4v) is 1.55. The van der Waals surface area contributed by atoms with Crippen molar-refractivity contribution in [2.45, 2.75) is 18.8 Å². The Bertz CT molecular complexity index is 311. The van der Waals surface area contributed by atoms with Crippen molar-refractivity contribution in [3.63, 3.8) is 0 Å². The maximum Gasteiger partial charge on any atom is 0.405 e. The molecule has 1 aromatic carbocycles. The van der Waals surface area contributed by atoms with Gasteiger partial charge in [0.1, 0.15) is 6.04 Å². The van der Waals surface area contributed by atoms with Crippen molar-refractivity contribution in [1.82, 2.24) is 4.90 Å². The van der Waals surface area contributed by atoms with Gasteiger partial charge in [-0.3, -0.25) is 4.90 Å². The van der Waals surface area contributed by atoms with Gasteiger partial charge in [0.2, 0.25) is 0 Å². The number of hydrogen-bond acceptors (Lipinski definition) is 2. The van der Waals surface area contributed by atoms with E-state index in [0.29, 0.717) is 0 Å². The highest BCUT2D eigenvalue weighted by Crippen LogP contribution is 2.24. The summed E-state index contributed by atoms with van der Waals surface area (Å²) in [5.74, 6) is 0. The molecule has 0 saturated heterocycles. The van der Waals surface area contributed by atoms with Crippen LogP contribution in [0.1, 0.15) is 5.56 Å². The molecule has 0 heterocycles. The van der Waals surface area contributed by atoms with Crippen molar-refractivity contribution >= 4 is 0 Å². The lowest BCUT2D eigenvalue weighted by Crippen LogP contribution is -2.48. The van der Waals surface area contributed by atoms with Gasteiger partial charge in [-0.05, 0) is 12.6 Å². The highest BCUT2D eigenvalue weighted by atomic mass is 19.4. The van der Waals surface area contributed by atoms with Gasteiger partial charge < -0.3 is 5.73 Å². The molecule has 0 aliphatic carbocycles. The normalized spacial score (nSPS) is 14.1. The van der Waals surface area contributed by atoms with Crippen molar-refractivity contribution in [3.8, 4) is 0 Å². The second-order valence-corrected chi connectivity index (χ2v) is 3.69. The van der Waals surface area contributed by atoms with E-state index in [9.17, 15) is 13.2 Å². The van der Waals surface area contributed by atoms with E-state index in [-0.39, 0.29) is 6.54 Å². The number of halogens is 3. The number of nitrogens with two attached hydrogens (primary N) is 1. The Morgan fingerprint density at radius 1 is 1.25 bits per heavy atom. The Morgan fingerprint density at radius 3 is 2.25 bits per heavy atom. The number of rotatable bonds is 4. The van der Waals surface area contributed by atoms with Gasteiger partial charge in [-0.15, -0.1) is 0 Å². The van der Waals surface area contributed by atoms with Crippen molar-refractivity contribution in [3.05, 3.63) is 35.9 Å². The molecule has 0 saturated carbocycles. The molecule has 0 fully saturated rings. The van der Waals surface area contributed by atoms with Crippen LogP contribution in [0.3, 0.4) is 0 Å². The van der Waals surface area contributed by atoms with Gasteiger partial charge in [-0.2, -0.15) is 13.2 Å². The fourth-order valence-electron chi connectivity index (χ4n) is 1.55. The van der Waals surface area contributed by atoms with Crippen molar-refractivity contribution in [1.29, 1.82) is 0 Å². The van der Waals surface area contributed by atoms with E-state index in [2.05, 4.69) is 0 Å². The van der Waals surface area contributed by atoms with E-state index < -0.39 is 18.8 Å². The molecule has 0 spiro atoms. The van der Waals surface area contributed by atoms with Crippen LogP contribution in [0.4, 0.5) is 13.2 Å². The molecule has 0 bridgehead atoms. The quantitative estimate of drug-likeness (QED) is 0.860. The van der Waals surface area contributed by atoms with Crippen LogP contribution in [0.15, 0.2) is 30.3 Å². The first-order chi connectivity index (χ1) is 7.45. The molecule has 1 atom stereocenters. The Hall–Kier alpha value is -1.07. The Labute approximate surface area is 92.9 Å². The molecule has 90 valence electrons. The van der Waals surface area contributed by atoms with Gasteiger partial charge in [0.25, 0.3) is 0 Å². The van der Waals surface area contributed by atoms with Crippen LogP contribution < -0.4 is 5.73 Å². The van der Waals surface area contributed by atoms with Crippen LogP contribution in [0.5, 0.6) is 0 Å². The zero-order valence-corrected chi connectivity index (χ0v) is 9.04. The average molecular weight is 232 g/mol. The molecule has 2 nitrogen and oxygen atoms in total. The first-order valence-corrected chi connectivity index (χ1v) is 4.96. The predicted molar refractivity (Wildman–Crippen MR) is 56.8 cm³/mol. The van der Waals surface area contributed by atoms with E-state index in [1.54, 1.807) is 24.3 Å². The third-order valence-electron chi connectivity index (χ3n) is 2.41. The Balaban J connectivity index is 2.67. The van der Waals surface area contributed by atoms with Crippen LogP contribution >= 0.6 is 0 Å². The minimum absolute atomic E-state index is 0.238. The maximum atomic E-state index is 12.6. The fraction of sp³-hybridized carbons (Fsp3) is 0.455. The minimum atomic E-state index is -4.28. The van der Waals surface area contributed by atoms with Crippen LogP contribution in [-0.2, 0) is 6.54 Å². The summed E-state index contributed by atoms with van der Waals surface area (Å²) in [4.78, 5) is 1.22. The Morgan fingerprint density at radius 2 is 1.81 bits per heavy atom. The lowest BCUT2D eigenvalue weighted by atomic mass is 10.2. The summed E-state index contributed by atoms with van der Waals surface area (Å²) in [5.41, 5.74) is 5.99. The lowest BCUT2D eigenvalue weighted by Gasteiger charge is -2.28. The van der Waals surface area contributed by atoms with E-state index >= 15 is 0 Å². The van der Waals surface area contributed by atoms with Gasteiger partial charge in [-0.25, -0.2) is 0 Å². The molecule has 5 heteroatoms. The standard InChI is InChI=1S/C11H15F3N2/c1-16(10(7-15)11(12,13)14)8-9-5-3-2-4-6-9/h2-6,10H,7-8,15H2,1H3/t10-/m1/s1. The number of likely N-dealkylation sites (N-methyl/N-ethyl adjacent to an activating group) is 1. The highest BCUT2D eigenvalue weighted by molar-refractivity contribution is 5.14. The molecule has 16 heavy (non-hydrogen) atoms. The molecular formula is C11H15F3N2. The highest BCUT2D eigenvalue weighted by Gasteiger charge is 2.41. The van der Waals surface area contributed by atoms with Crippen molar-refractivity contribution in [2.24, 2.45) is 5.73 Å². The molecule has 0 radical (unpaired) electrons. The van der Waals surface area contributed by atoms with Gasteiger partial charge in [0.05, 0.1) is 0 Å². The van der Waals surface area contributed by atoms with Gasteiger partial charge >= 0.3 is 6.18 Å². The van der Waals surface area contributed by atoms with Crippen LogP contribution in [0.2, 0.25) is 0 Å². The second kappa shape index (κ2) is 5.32. The monoisotopic (exact) mass is 232 g/mol. The van der Waals surface area contributed by atoms with Gasteiger partial charge in [0, 0.05) is 13.1 Å². The molecule has 2 N–H and O–H groups in total. The lowest BCUT2D eigenvalue weighted by molar-refractivity contribution is -0.178. The average Bonchev–Trinajstić information content (AvgIpc) is 2.17. The molecule has 1 rings (SSSR count). The zero-order chi connectivity index (χ0) is 12.2. The summed E-state index contributed by atoms with van der Waals surface area (Å²) in [6, 6.07) is 7.42. The third-order valence-corrected chi connectivity index (χ3v) is 2.41. The molecule has 0 amide bonds. The summed E-state index contributed by atoms with van der Waals surface area (Å²) in [6.07, 6.45) is -4.28. The summed E-state index contributed by atoms with van der Waals surface area (Å²) in [5, 5.41) is 0. The van der Waals surface area contributed by atoms with Gasteiger partial charge in [0.15, 0.2) is 0 Å². The largest absolute Gasteiger partial charge is 0.405 e. The van der Waals surface area contributed by atoms with Gasteiger partial charge in [-0.1, -0.05) is 30.3 Å². The van der Waals surface area contributed by atoms with Crippen molar-refractivity contribution < 1.29 is 13.2 Å². The van der Waals surface area contributed by atoms with Crippen molar-refractivity contribution in [2.75, 3.05) is 13.6 Å². The molecule has 0 aliphatic rings. The number of hydrogen-bond donors (Lipinski definition) is 1. The van der Waals surface area contributed by atoms with Crippen LogP contribution in [0, 0.1) is 0 Å². The maximum absolute atomic E-state index is 12.6. The first kappa shape index (κ1) is 13.0. The SMILES string of the molecule is CN(Cc1ccccc1)[C@H](CN)C(F)(F)F. The van der Waals surface area contributed by atoms with Crippen LogP contribution in [0.25, 0.3) is 0 Å². The second-order valence-electron chi connectivity index (χ2n) is 3.69. The van der Waals surface area contributed by atoms with Crippen LogP contribution in [-0.4, -0.2) is 30.7 Å².